The van der Waals surface area contributed by atoms with Crippen LogP contribution in [0.1, 0.15) is 40.4 Å². The van der Waals surface area contributed by atoms with Gasteiger partial charge in [-0.3, -0.25) is 4.79 Å². The number of hydrogen-bond acceptors (Lipinski definition) is 2. The maximum absolute atomic E-state index is 12.7. The summed E-state index contributed by atoms with van der Waals surface area (Å²) in [4.78, 5) is 25.6. The van der Waals surface area contributed by atoms with E-state index in [0.717, 1.165) is 18.4 Å². The lowest BCUT2D eigenvalue weighted by atomic mass is 10.0. The predicted molar refractivity (Wildman–Crippen MR) is 92.2 cm³/mol. The number of aromatic carboxylic acids is 1. The molecule has 1 atom stereocenters. The number of carboxylic acids is 1. The molecule has 1 unspecified atom stereocenters. The van der Waals surface area contributed by atoms with Gasteiger partial charge in [0.15, 0.2) is 0 Å². The fourth-order valence-electron chi connectivity index (χ4n) is 3.22. The second-order valence-electron chi connectivity index (χ2n) is 5.95. The SMILES string of the molecule is O=C(O)c1cccc(CC(=O)N2CCCC2c2ccccc2Cl)c1. The molecule has 0 bridgehead atoms. The highest BCUT2D eigenvalue weighted by atomic mass is 35.5. The average Bonchev–Trinajstić information content (AvgIpc) is 3.05. The van der Waals surface area contributed by atoms with Crippen molar-refractivity contribution in [3.8, 4) is 0 Å². The first kappa shape index (κ1) is 16.5. The molecule has 0 saturated carbocycles. The summed E-state index contributed by atoms with van der Waals surface area (Å²) >= 11 is 6.29. The molecular formula is C19H18ClNO3. The first-order valence-corrected chi connectivity index (χ1v) is 8.30. The molecular weight excluding hydrogens is 326 g/mol. The number of carbonyl (C=O) groups excluding carboxylic acids is 1. The number of hydrogen-bond donors (Lipinski definition) is 1. The summed E-state index contributed by atoms with van der Waals surface area (Å²) < 4.78 is 0. The number of carbonyl (C=O) groups is 2. The molecule has 0 aromatic heterocycles. The van der Waals surface area contributed by atoms with Crippen LogP contribution in [-0.4, -0.2) is 28.4 Å². The van der Waals surface area contributed by atoms with Gasteiger partial charge in [0.1, 0.15) is 0 Å². The highest BCUT2D eigenvalue weighted by Gasteiger charge is 2.30. The van der Waals surface area contributed by atoms with Gasteiger partial charge < -0.3 is 10.0 Å². The Balaban J connectivity index is 1.78. The normalized spacial score (nSPS) is 17.0. The zero-order valence-corrected chi connectivity index (χ0v) is 13.9. The minimum Gasteiger partial charge on any atom is -0.478 e. The van der Waals surface area contributed by atoms with Crippen LogP contribution >= 0.6 is 11.6 Å². The summed E-state index contributed by atoms with van der Waals surface area (Å²) in [5, 5.41) is 9.74. The maximum atomic E-state index is 12.7. The van der Waals surface area contributed by atoms with E-state index in [4.69, 9.17) is 16.7 Å². The second kappa shape index (κ2) is 7.05. The van der Waals surface area contributed by atoms with E-state index in [9.17, 15) is 9.59 Å². The van der Waals surface area contributed by atoms with E-state index in [2.05, 4.69) is 0 Å². The van der Waals surface area contributed by atoms with E-state index in [-0.39, 0.29) is 23.9 Å². The van der Waals surface area contributed by atoms with Gasteiger partial charge in [0.2, 0.25) is 5.91 Å². The van der Waals surface area contributed by atoms with Crippen LogP contribution in [-0.2, 0) is 11.2 Å². The van der Waals surface area contributed by atoms with Crippen molar-refractivity contribution in [2.45, 2.75) is 25.3 Å². The molecule has 1 amide bonds. The summed E-state index contributed by atoms with van der Waals surface area (Å²) in [6, 6.07) is 14.1. The van der Waals surface area contributed by atoms with Crippen molar-refractivity contribution in [1.82, 2.24) is 4.90 Å². The van der Waals surface area contributed by atoms with Gasteiger partial charge in [-0.2, -0.15) is 0 Å². The van der Waals surface area contributed by atoms with Crippen molar-refractivity contribution in [2.75, 3.05) is 6.54 Å². The van der Waals surface area contributed by atoms with Gasteiger partial charge in [-0.05, 0) is 42.2 Å². The van der Waals surface area contributed by atoms with E-state index in [1.54, 1.807) is 18.2 Å². The summed E-state index contributed by atoms with van der Waals surface area (Å²) in [5.74, 6) is -0.987. The molecule has 1 aliphatic heterocycles. The monoisotopic (exact) mass is 343 g/mol. The number of nitrogens with zero attached hydrogens (tertiary/aromatic N) is 1. The highest BCUT2D eigenvalue weighted by molar-refractivity contribution is 6.31. The molecule has 0 aliphatic carbocycles. The standard InChI is InChI=1S/C19H18ClNO3/c20-16-8-2-1-7-15(16)17-9-4-10-21(17)18(22)12-13-5-3-6-14(11-13)19(23)24/h1-3,5-8,11,17H,4,9-10,12H2,(H,23,24). The van der Waals surface area contributed by atoms with Crippen LogP contribution in [0.2, 0.25) is 5.02 Å². The van der Waals surface area contributed by atoms with Gasteiger partial charge in [0, 0.05) is 11.6 Å². The predicted octanol–water partition coefficient (Wildman–Crippen LogP) is 3.94. The molecule has 1 heterocycles. The number of benzene rings is 2. The van der Waals surface area contributed by atoms with Crippen molar-refractivity contribution < 1.29 is 14.7 Å². The largest absolute Gasteiger partial charge is 0.478 e. The third-order valence-corrected chi connectivity index (χ3v) is 4.71. The second-order valence-corrected chi connectivity index (χ2v) is 6.36. The number of likely N-dealkylation sites (tertiary alicyclic amines) is 1. The minimum atomic E-state index is -0.987. The van der Waals surface area contributed by atoms with Gasteiger partial charge in [0.25, 0.3) is 0 Å². The van der Waals surface area contributed by atoms with Crippen molar-refractivity contribution in [3.05, 3.63) is 70.2 Å². The van der Waals surface area contributed by atoms with Gasteiger partial charge in [-0.1, -0.05) is 41.9 Å². The molecule has 4 nitrogen and oxygen atoms in total. The van der Waals surface area contributed by atoms with Gasteiger partial charge >= 0.3 is 5.97 Å². The first-order chi connectivity index (χ1) is 11.6. The molecule has 2 aromatic rings. The molecule has 5 heteroatoms. The fraction of sp³-hybridized carbons (Fsp3) is 0.263. The summed E-state index contributed by atoms with van der Waals surface area (Å²) in [6.07, 6.45) is 2.03. The Morgan fingerprint density at radius 2 is 1.96 bits per heavy atom. The van der Waals surface area contributed by atoms with Gasteiger partial charge in [-0.15, -0.1) is 0 Å². The fourth-order valence-corrected chi connectivity index (χ4v) is 3.49. The molecule has 24 heavy (non-hydrogen) atoms. The van der Waals surface area contributed by atoms with E-state index in [0.29, 0.717) is 17.1 Å². The van der Waals surface area contributed by atoms with Crippen LogP contribution in [0.15, 0.2) is 48.5 Å². The van der Waals surface area contributed by atoms with E-state index in [1.807, 2.05) is 29.2 Å². The van der Waals surface area contributed by atoms with Crippen LogP contribution in [0, 0.1) is 0 Å². The van der Waals surface area contributed by atoms with Gasteiger partial charge in [0.05, 0.1) is 18.0 Å². The van der Waals surface area contributed by atoms with Crippen LogP contribution in [0.5, 0.6) is 0 Å². The van der Waals surface area contributed by atoms with Crippen molar-refractivity contribution >= 4 is 23.5 Å². The number of carboxylic acid groups (broad SMARTS) is 1. The van der Waals surface area contributed by atoms with Crippen molar-refractivity contribution in [2.24, 2.45) is 0 Å². The lowest BCUT2D eigenvalue weighted by Crippen LogP contribution is -2.32. The van der Waals surface area contributed by atoms with Crippen LogP contribution in [0.3, 0.4) is 0 Å². The number of halogens is 1. The first-order valence-electron chi connectivity index (χ1n) is 7.92. The zero-order valence-electron chi connectivity index (χ0n) is 13.1. The molecule has 0 radical (unpaired) electrons. The summed E-state index contributed by atoms with van der Waals surface area (Å²) in [6.45, 7) is 0.702. The molecule has 1 N–H and O–H groups in total. The molecule has 1 saturated heterocycles. The van der Waals surface area contributed by atoms with E-state index in [1.165, 1.54) is 6.07 Å². The molecule has 1 fully saturated rings. The zero-order chi connectivity index (χ0) is 17.1. The van der Waals surface area contributed by atoms with Crippen LogP contribution < -0.4 is 0 Å². The Morgan fingerprint density at radius 1 is 1.17 bits per heavy atom. The van der Waals surface area contributed by atoms with Crippen LogP contribution in [0.4, 0.5) is 0 Å². The molecule has 2 aromatic carbocycles. The lowest BCUT2D eigenvalue weighted by Gasteiger charge is -2.26. The number of amides is 1. The smallest absolute Gasteiger partial charge is 0.335 e. The summed E-state index contributed by atoms with van der Waals surface area (Å²) in [7, 11) is 0. The Kier molecular flexibility index (Phi) is 4.86. The van der Waals surface area contributed by atoms with E-state index < -0.39 is 5.97 Å². The lowest BCUT2D eigenvalue weighted by molar-refractivity contribution is -0.131. The number of rotatable bonds is 4. The minimum absolute atomic E-state index is 0.0000384. The third kappa shape index (κ3) is 3.44. The van der Waals surface area contributed by atoms with Crippen molar-refractivity contribution in [1.29, 1.82) is 0 Å². The third-order valence-electron chi connectivity index (χ3n) is 4.37. The molecule has 0 spiro atoms. The Morgan fingerprint density at radius 3 is 2.71 bits per heavy atom. The maximum Gasteiger partial charge on any atom is 0.335 e. The van der Waals surface area contributed by atoms with Crippen LogP contribution in [0.25, 0.3) is 0 Å². The quantitative estimate of drug-likeness (QED) is 0.914. The Hall–Kier alpha value is -2.33. The molecule has 124 valence electrons. The Labute approximate surface area is 145 Å². The topological polar surface area (TPSA) is 57.6 Å². The van der Waals surface area contributed by atoms with E-state index >= 15 is 0 Å². The summed E-state index contributed by atoms with van der Waals surface area (Å²) in [5.41, 5.74) is 1.89. The Bertz CT molecular complexity index is 775. The average molecular weight is 344 g/mol. The molecule has 1 aliphatic rings. The highest BCUT2D eigenvalue weighted by Crippen LogP contribution is 2.36. The van der Waals surface area contributed by atoms with Crippen molar-refractivity contribution in [3.63, 3.8) is 0 Å². The van der Waals surface area contributed by atoms with Gasteiger partial charge in [-0.25, -0.2) is 4.79 Å². The molecule has 3 rings (SSSR count).